The maximum absolute atomic E-state index is 8.53. The van der Waals surface area contributed by atoms with E-state index in [0.29, 0.717) is 0 Å². The molecule has 0 aromatic carbocycles. The van der Waals surface area contributed by atoms with Crippen molar-refractivity contribution in [2.45, 2.75) is 18.9 Å². The van der Waals surface area contributed by atoms with Gasteiger partial charge in [-0.1, -0.05) is 0 Å². The summed E-state index contributed by atoms with van der Waals surface area (Å²) in [6, 6.07) is 1.85. The maximum atomic E-state index is 8.53. The average Bonchev–Trinajstić information content (AvgIpc) is 2.52. The smallest absolute Gasteiger partial charge is 0.0950 e. The fourth-order valence-corrected chi connectivity index (χ4v) is 0.964. The zero-order valence-electron chi connectivity index (χ0n) is 6.36. The average molecular weight is 155 g/mol. The SMILES string of the molecule is N[C@@H](CCCO)c1ccoc1. The minimum Gasteiger partial charge on any atom is -0.472 e. The molecule has 0 bridgehead atoms. The molecule has 1 aromatic rings. The van der Waals surface area contributed by atoms with Crippen molar-refractivity contribution in [3.8, 4) is 0 Å². The molecule has 11 heavy (non-hydrogen) atoms. The Morgan fingerprint density at radius 1 is 1.64 bits per heavy atom. The second-order valence-corrected chi connectivity index (χ2v) is 2.53. The fourth-order valence-electron chi connectivity index (χ4n) is 0.964. The van der Waals surface area contributed by atoms with Gasteiger partial charge in [-0.15, -0.1) is 0 Å². The predicted octanol–water partition coefficient (Wildman–Crippen LogP) is 1.05. The number of rotatable bonds is 4. The Balaban J connectivity index is 2.36. The summed E-state index contributed by atoms with van der Waals surface area (Å²) in [5.41, 5.74) is 6.75. The molecule has 0 spiro atoms. The van der Waals surface area contributed by atoms with Crippen LogP contribution < -0.4 is 5.73 Å². The third kappa shape index (κ3) is 2.37. The van der Waals surface area contributed by atoms with Crippen molar-refractivity contribution >= 4 is 0 Å². The van der Waals surface area contributed by atoms with E-state index >= 15 is 0 Å². The van der Waals surface area contributed by atoms with Crippen LogP contribution in [-0.4, -0.2) is 11.7 Å². The Hall–Kier alpha value is -0.800. The van der Waals surface area contributed by atoms with Crippen molar-refractivity contribution in [3.63, 3.8) is 0 Å². The van der Waals surface area contributed by atoms with Gasteiger partial charge in [-0.05, 0) is 18.9 Å². The van der Waals surface area contributed by atoms with E-state index in [1.165, 1.54) is 0 Å². The summed E-state index contributed by atoms with van der Waals surface area (Å²) in [6.45, 7) is 0.200. The fraction of sp³-hybridized carbons (Fsp3) is 0.500. The first-order chi connectivity index (χ1) is 5.34. The lowest BCUT2D eigenvalue weighted by Gasteiger charge is -2.06. The molecule has 0 fully saturated rings. The molecule has 1 atom stereocenters. The summed E-state index contributed by atoms with van der Waals surface area (Å²) in [4.78, 5) is 0. The highest BCUT2D eigenvalue weighted by molar-refractivity contribution is 5.10. The Morgan fingerprint density at radius 3 is 3.00 bits per heavy atom. The predicted molar refractivity (Wildman–Crippen MR) is 42.0 cm³/mol. The van der Waals surface area contributed by atoms with Crippen LogP contribution in [0.25, 0.3) is 0 Å². The molecule has 0 amide bonds. The molecule has 0 aliphatic rings. The first kappa shape index (κ1) is 8.30. The Bertz CT molecular complexity index is 184. The maximum Gasteiger partial charge on any atom is 0.0950 e. The van der Waals surface area contributed by atoms with Crippen LogP contribution in [0.2, 0.25) is 0 Å². The van der Waals surface area contributed by atoms with E-state index in [0.717, 1.165) is 18.4 Å². The summed E-state index contributed by atoms with van der Waals surface area (Å²) >= 11 is 0. The molecule has 0 unspecified atom stereocenters. The molecule has 1 rings (SSSR count). The van der Waals surface area contributed by atoms with Gasteiger partial charge in [0.1, 0.15) is 0 Å². The molecular formula is C8H13NO2. The van der Waals surface area contributed by atoms with Crippen LogP contribution in [-0.2, 0) is 0 Å². The van der Waals surface area contributed by atoms with Crippen LogP contribution in [0.15, 0.2) is 23.0 Å². The quantitative estimate of drug-likeness (QED) is 0.683. The second kappa shape index (κ2) is 4.16. The van der Waals surface area contributed by atoms with Gasteiger partial charge in [-0.2, -0.15) is 0 Å². The third-order valence-corrected chi connectivity index (χ3v) is 1.64. The molecule has 3 heteroatoms. The van der Waals surface area contributed by atoms with Crippen LogP contribution in [0.3, 0.4) is 0 Å². The van der Waals surface area contributed by atoms with Gasteiger partial charge in [-0.25, -0.2) is 0 Å². The van der Waals surface area contributed by atoms with Gasteiger partial charge in [0.15, 0.2) is 0 Å². The molecule has 0 radical (unpaired) electrons. The van der Waals surface area contributed by atoms with Crippen molar-refractivity contribution in [1.82, 2.24) is 0 Å². The van der Waals surface area contributed by atoms with E-state index in [1.54, 1.807) is 12.5 Å². The largest absolute Gasteiger partial charge is 0.472 e. The summed E-state index contributed by atoms with van der Waals surface area (Å²) < 4.78 is 4.87. The van der Waals surface area contributed by atoms with Crippen molar-refractivity contribution in [2.24, 2.45) is 5.73 Å². The van der Waals surface area contributed by atoms with Crippen LogP contribution in [0.4, 0.5) is 0 Å². The third-order valence-electron chi connectivity index (χ3n) is 1.64. The van der Waals surface area contributed by atoms with E-state index in [9.17, 15) is 0 Å². The van der Waals surface area contributed by atoms with E-state index in [1.807, 2.05) is 6.07 Å². The monoisotopic (exact) mass is 155 g/mol. The number of aliphatic hydroxyl groups is 1. The van der Waals surface area contributed by atoms with E-state index < -0.39 is 0 Å². The van der Waals surface area contributed by atoms with Gasteiger partial charge in [0.05, 0.1) is 12.5 Å². The first-order valence-corrected chi connectivity index (χ1v) is 3.73. The Morgan fingerprint density at radius 2 is 2.45 bits per heavy atom. The van der Waals surface area contributed by atoms with E-state index in [4.69, 9.17) is 15.3 Å². The highest BCUT2D eigenvalue weighted by Gasteiger charge is 2.05. The summed E-state index contributed by atoms with van der Waals surface area (Å²) in [5, 5.41) is 8.53. The Kier molecular flexibility index (Phi) is 3.14. The highest BCUT2D eigenvalue weighted by atomic mass is 16.3. The van der Waals surface area contributed by atoms with Crippen molar-refractivity contribution < 1.29 is 9.52 Å². The molecule has 3 nitrogen and oxygen atoms in total. The van der Waals surface area contributed by atoms with Crippen molar-refractivity contribution in [2.75, 3.05) is 6.61 Å². The van der Waals surface area contributed by atoms with Crippen LogP contribution >= 0.6 is 0 Å². The topological polar surface area (TPSA) is 59.4 Å². The van der Waals surface area contributed by atoms with Crippen LogP contribution in [0.1, 0.15) is 24.4 Å². The highest BCUT2D eigenvalue weighted by Crippen LogP contribution is 2.15. The standard InChI is InChI=1S/C8H13NO2/c9-8(2-1-4-10)7-3-5-11-6-7/h3,5-6,8,10H,1-2,4,9H2/t8-/m0/s1. The normalized spacial score (nSPS) is 13.3. The van der Waals surface area contributed by atoms with Crippen LogP contribution in [0, 0.1) is 0 Å². The Labute approximate surface area is 65.8 Å². The molecule has 1 heterocycles. The molecule has 62 valence electrons. The van der Waals surface area contributed by atoms with Crippen LogP contribution in [0.5, 0.6) is 0 Å². The van der Waals surface area contributed by atoms with E-state index in [-0.39, 0.29) is 12.6 Å². The van der Waals surface area contributed by atoms with Gasteiger partial charge in [0.25, 0.3) is 0 Å². The van der Waals surface area contributed by atoms with Gasteiger partial charge in [0.2, 0.25) is 0 Å². The molecule has 0 saturated heterocycles. The molecule has 1 aromatic heterocycles. The number of furan rings is 1. The summed E-state index contributed by atoms with van der Waals surface area (Å²) in [5.74, 6) is 0. The minimum absolute atomic E-state index is 0.000833. The van der Waals surface area contributed by atoms with Gasteiger partial charge >= 0.3 is 0 Å². The lowest BCUT2D eigenvalue weighted by atomic mass is 10.1. The summed E-state index contributed by atoms with van der Waals surface area (Å²) in [7, 11) is 0. The van der Waals surface area contributed by atoms with Gasteiger partial charge < -0.3 is 15.3 Å². The molecule has 3 N–H and O–H groups in total. The number of nitrogens with two attached hydrogens (primary N) is 1. The summed E-state index contributed by atoms with van der Waals surface area (Å²) in [6.07, 6.45) is 4.79. The molecule has 0 aliphatic heterocycles. The lowest BCUT2D eigenvalue weighted by Crippen LogP contribution is -2.09. The zero-order valence-corrected chi connectivity index (χ0v) is 6.36. The van der Waals surface area contributed by atoms with Crippen molar-refractivity contribution in [3.05, 3.63) is 24.2 Å². The van der Waals surface area contributed by atoms with E-state index in [2.05, 4.69) is 0 Å². The van der Waals surface area contributed by atoms with Crippen molar-refractivity contribution in [1.29, 1.82) is 0 Å². The first-order valence-electron chi connectivity index (χ1n) is 3.73. The molecule has 0 aliphatic carbocycles. The number of hydrogen-bond acceptors (Lipinski definition) is 3. The second-order valence-electron chi connectivity index (χ2n) is 2.53. The lowest BCUT2D eigenvalue weighted by molar-refractivity contribution is 0.280. The minimum atomic E-state index is 0.000833. The number of hydrogen-bond donors (Lipinski definition) is 2. The van der Waals surface area contributed by atoms with Gasteiger partial charge in [0, 0.05) is 18.2 Å². The number of aliphatic hydroxyl groups excluding tert-OH is 1. The van der Waals surface area contributed by atoms with Gasteiger partial charge in [-0.3, -0.25) is 0 Å². The molecule has 0 saturated carbocycles. The zero-order chi connectivity index (χ0) is 8.10. The molecular weight excluding hydrogens is 142 g/mol.